The van der Waals surface area contributed by atoms with Crippen LogP contribution in [0.15, 0.2) is 57.8 Å². The molecule has 0 spiro atoms. The van der Waals surface area contributed by atoms with Gasteiger partial charge in [0.2, 0.25) is 0 Å². The average Bonchev–Trinajstić information content (AvgIpc) is 3.10. The summed E-state index contributed by atoms with van der Waals surface area (Å²) in [5.41, 5.74) is 7.61. The van der Waals surface area contributed by atoms with Gasteiger partial charge in [-0.3, -0.25) is 15.0 Å². The van der Waals surface area contributed by atoms with Crippen LogP contribution in [0, 0.1) is 26.6 Å². The Morgan fingerprint density at radius 3 is 2.48 bits per heavy atom. The van der Waals surface area contributed by atoms with E-state index in [1.165, 1.54) is 39.9 Å². The summed E-state index contributed by atoms with van der Waals surface area (Å²) in [6.07, 6.45) is 0. The lowest BCUT2D eigenvalue weighted by Crippen LogP contribution is -2.32. The highest BCUT2D eigenvalue weighted by Gasteiger charge is 2.24. The molecule has 2 aromatic carbocycles. The molecule has 0 fully saturated rings. The van der Waals surface area contributed by atoms with Gasteiger partial charge in [-0.15, -0.1) is 11.3 Å². The van der Waals surface area contributed by atoms with Gasteiger partial charge in [-0.25, -0.2) is 9.37 Å². The van der Waals surface area contributed by atoms with Crippen LogP contribution in [0.2, 0.25) is 0 Å². The lowest BCUT2D eigenvalue weighted by atomic mass is 10.1. The van der Waals surface area contributed by atoms with Crippen molar-refractivity contribution >= 4 is 50.6 Å². The van der Waals surface area contributed by atoms with Crippen LogP contribution in [0.4, 0.5) is 10.1 Å². The van der Waals surface area contributed by atoms with Gasteiger partial charge in [-0.05, 0) is 73.9 Å². The summed E-state index contributed by atoms with van der Waals surface area (Å²) in [6.45, 7) is 5.71. The SMILES string of the molecule is Cc1cc(C)cc(NC(=O)c2sc3nc4n(c(=O)c3c2C)NC(c2ccc(F)cc2)=CS4)c1. The minimum atomic E-state index is -0.329. The average molecular weight is 479 g/mol. The summed E-state index contributed by atoms with van der Waals surface area (Å²) >= 11 is 2.50. The molecule has 33 heavy (non-hydrogen) atoms. The number of nitrogens with zero attached hydrogens (tertiary/aromatic N) is 2. The Hall–Kier alpha value is -3.43. The van der Waals surface area contributed by atoms with Gasteiger partial charge in [-0.1, -0.05) is 17.8 Å². The molecular weight excluding hydrogens is 459 g/mol. The molecule has 3 heterocycles. The predicted octanol–water partition coefficient (Wildman–Crippen LogP) is 5.42. The first-order valence-electron chi connectivity index (χ1n) is 10.2. The minimum absolute atomic E-state index is 0.270. The Labute approximate surface area is 197 Å². The van der Waals surface area contributed by atoms with Crippen molar-refractivity contribution in [2.24, 2.45) is 0 Å². The number of carbonyl (C=O) groups is 1. The largest absolute Gasteiger partial charge is 0.321 e. The van der Waals surface area contributed by atoms with Crippen molar-refractivity contribution in [3.05, 3.63) is 91.2 Å². The van der Waals surface area contributed by atoms with Crippen molar-refractivity contribution in [3.63, 3.8) is 0 Å². The van der Waals surface area contributed by atoms with E-state index in [1.807, 2.05) is 37.5 Å². The molecule has 2 N–H and O–H groups in total. The Balaban J connectivity index is 1.51. The van der Waals surface area contributed by atoms with E-state index >= 15 is 0 Å². The molecule has 5 rings (SSSR count). The van der Waals surface area contributed by atoms with Gasteiger partial charge < -0.3 is 5.32 Å². The van der Waals surface area contributed by atoms with Crippen LogP contribution in [0.25, 0.3) is 15.9 Å². The Morgan fingerprint density at radius 1 is 1.09 bits per heavy atom. The number of carbonyl (C=O) groups excluding carboxylic acids is 1. The number of hydrogen-bond acceptors (Lipinski definition) is 6. The van der Waals surface area contributed by atoms with Crippen LogP contribution in [0.1, 0.15) is 31.9 Å². The lowest BCUT2D eigenvalue weighted by Gasteiger charge is -2.20. The molecule has 2 aromatic heterocycles. The van der Waals surface area contributed by atoms with Crippen LogP contribution < -0.4 is 16.3 Å². The summed E-state index contributed by atoms with van der Waals surface area (Å²) in [6, 6.07) is 11.9. The summed E-state index contributed by atoms with van der Waals surface area (Å²) < 4.78 is 14.7. The van der Waals surface area contributed by atoms with Gasteiger partial charge in [0.15, 0.2) is 5.16 Å². The van der Waals surface area contributed by atoms with Crippen LogP contribution >= 0.6 is 23.1 Å². The third-order valence-electron chi connectivity index (χ3n) is 5.29. The number of benzene rings is 2. The summed E-state index contributed by atoms with van der Waals surface area (Å²) in [4.78, 5) is 32.0. The highest BCUT2D eigenvalue weighted by molar-refractivity contribution is 8.02. The Bertz CT molecular complexity index is 1500. The highest BCUT2D eigenvalue weighted by Crippen LogP contribution is 2.33. The first-order chi connectivity index (χ1) is 15.8. The zero-order valence-electron chi connectivity index (χ0n) is 18.0. The number of rotatable bonds is 3. The second-order valence-electron chi connectivity index (χ2n) is 7.87. The summed E-state index contributed by atoms with van der Waals surface area (Å²) in [5.74, 6) is -0.599. The molecule has 1 aliphatic rings. The molecule has 0 aliphatic carbocycles. The third kappa shape index (κ3) is 3.94. The number of thiophene rings is 1. The molecule has 0 radical (unpaired) electrons. The van der Waals surface area contributed by atoms with E-state index in [9.17, 15) is 14.0 Å². The van der Waals surface area contributed by atoms with E-state index in [0.29, 0.717) is 37.2 Å². The number of fused-ring (bicyclic) bond motifs is 2. The molecule has 0 bridgehead atoms. The molecule has 6 nitrogen and oxygen atoms in total. The van der Waals surface area contributed by atoms with Crippen molar-refractivity contribution in [1.82, 2.24) is 9.66 Å². The van der Waals surface area contributed by atoms with Crippen LogP contribution in [-0.2, 0) is 0 Å². The van der Waals surface area contributed by atoms with Gasteiger partial charge in [0.25, 0.3) is 11.5 Å². The van der Waals surface area contributed by atoms with Crippen molar-refractivity contribution in [3.8, 4) is 0 Å². The molecular formula is C24H19FN4O2S2. The number of thioether (sulfide) groups is 1. The van der Waals surface area contributed by atoms with E-state index in [2.05, 4.69) is 15.7 Å². The van der Waals surface area contributed by atoms with Gasteiger partial charge >= 0.3 is 0 Å². The quantitative estimate of drug-likeness (QED) is 0.385. The normalized spacial score (nSPS) is 12.8. The zero-order chi connectivity index (χ0) is 23.3. The standard InChI is InChI=1S/C24H19FN4O2S2/c1-12-8-13(2)10-17(9-12)26-21(30)20-14(3)19-22(33-20)27-24-29(23(19)31)28-18(11-32-24)15-4-6-16(25)7-5-15/h4-11,28H,1-3H3,(H,26,30). The number of amides is 1. The Kier molecular flexibility index (Phi) is 5.30. The maximum atomic E-state index is 13.3. The molecule has 0 saturated carbocycles. The number of aryl methyl sites for hydroxylation is 3. The number of hydrogen-bond donors (Lipinski definition) is 2. The second-order valence-corrected chi connectivity index (χ2v) is 9.71. The van der Waals surface area contributed by atoms with Gasteiger partial charge in [0.05, 0.1) is 16.0 Å². The topological polar surface area (TPSA) is 76.0 Å². The maximum Gasteiger partial charge on any atom is 0.282 e. The van der Waals surface area contributed by atoms with Crippen LogP contribution in [-0.4, -0.2) is 15.6 Å². The second kappa shape index (κ2) is 8.17. The fourth-order valence-corrected chi connectivity index (χ4v) is 5.73. The first-order valence-corrected chi connectivity index (χ1v) is 11.9. The van der Waals surface area contributed by atoms with E-state index in [1.54, 1.807) is 19.1 Å². The zero-order valence-corrected chi connectivity index (χ0v) is 19.7. The number of aromatic nitrogens is 2. The van der Waals surface area contributed by atoms with Gasteiger partial charge in [0.1, 0.15) is 10.6 Å². The fourth-order valence-electron chi connectivity index (χ4n) is 3.81. The minimum Gasteiger partial charge on any atom is -0.321 e. The summed E-state index contributed by atoms with van der Waals surface area (Å²) in [5, 5.41) is 5.64. The molecule has 166 valence electrons. The van der Waals surface area contributed by atoms with Crippen LogP contribution in [0.5, 0.6) is 0 Å². The van der Waals surface area contributed by atoms with Crippen LogP contribution in [0.3, 0.4) is 0 Å². The van der Waals surface area contributed by atoms with Crippen molar-refractivity contribution < 1.29 is 9.18 Å². The molecule has 4 aromatic rings. The van der Waals surface area contributed by atoms with Gasteiger partial charge in [-0.2, -0.15) is 4.68 Å². The molecule has 1 amide bonds. The Morgan fingerprint density at radius 2 is 1.79 bits per heavy atom. The molecule has 9 heteroatoms. The summed E-state index contributed by atoms with van der Waals surface area (Å²) in [7, 11) is 0. The first kappa shape index (κ1) is 21.4. The molecule has 0 saturated heterocycles. The van der Waals surface area contributed by atoms with E-state index in [0.717, 1.165) is 16.7 Å². The van der Waals surface area contributed by atoms with E-state index in [4.69, 9.17) is 0 Å². The molecule has 0 atom stereocenters. The number of nitrogens with one attached hydrogen (secondary N) is 2. The third-order valence-corrected chi connectivity index (χ3v) is 7.31. The van der Waals surface area contributed by atoms with E-state index in [-0.39, 0.29) is 17.3 Å². The van der Waals surface area contributed by atoms with Crippen molar-refractivity contribution in [1.29, 1.82) is 0 Å². The highest BCUT2D eigenvalue weighted by atomic mass is 32.2. The number of anilines is 1. The van der Waals surface area contributed by atoms with Crippen molar-refractivity contribution in [2.45, 2.75) is 25.9 Å². The van der Waals surface area contributed by atoms with Gasteiger partial charge in [0, 0.05) is 16.7 Å². The maximum absolute atomic E-state index is 13.3. The number of halogens is 1. The molecule has 1 aliphatic heterocycles. The fraction of sp³-hybridized carbons (Fsp3) is 0.125. The lowest BCUT2D eigenvalue weighted by molar-refractivity contribution is 0.103. The molecule has 0 unspecified atom stereocenters. The smallest absolute Gasteiger partial charge is 0.282 e. The monoisotopic (exact) mass is 478 g/mol. The van der Waals surface area contributed by atoms with Crippen molar-refractivity contribution in [2.75, 3.05) is 10.7 Å². The van der Waals surface area contributed by atoms with E-state index < -0.39 is 0 Å². The predicted molar refractivity (Wildman–Crippen MR) is 132 cm³/mol.